The molecule has 12 heavy (non-hydrogen) atoms. The van der Waals surface area contributed by atoms with Gasteiger partial charge >= 0.3 is 0 Å². The molecule has 0 spiro atoms. The Morgan fingerprint density at radius 1 is 1.25 bits per heavy atom. The quantitative estimate of drug-likeness (QED) is 0.687. The first kappa shape index (κ1) is 18.4. The fourth-order valence-electron chi connectivity index (χ4n) is 0.875. The molecule has 1 aliphatic heterocycles. The van der Waals surface area contributed by atoms with Crippen molar-refractivity contribution < 1.29 is 9.44 Å². The molecule has 0 aromatic carbocycles. The van der Waals surface area contributed by atoms with E-state index in [0.717, 1.165) is 6.61 Å². The molecule has 0 aromatic heterocycles. The van der Waals surface area contributed by atoms with E-state index in [2.05, 4.69) is 16.7 Å². The first-order chi connectivity index (χ1) is 4.81. The third-order valence-electron chi connectivity index (χ3n) is 1.62. The van der Waals surface area contributed by atoms with Gasteiger partial charge in [-0.25, -0.2) is 0 Å². The Balaban J connectivity index is -0.000000124. The molecule has 78 valence electrons. The van der Waals surface area contributed by atoms with E-state index in [4.69, 9.17) is 0 Å². The van der Waals surface area contributed by atoms with Crippen LogP contribution in [0.25, 0.3) is 0 Å². The third kappa shape index (κ3) is 13.2. The van der Waals surface area contributed by atoms with Crippen LogP contribution in [0.1, 0.15) is 19.8 Å². The molecule has 0 atom stereocenters. The van der Waals surface area contributed by atoms with Crippen molar-refractivity contribution >= 4 is 24.0 Å². The first-order valence-corrected chi connectivity index (χ1v) is 3.98. The summed E-state index contributed by atoms with van der Waals surface area (Å²) in [6, 6.07) is 0. The lowest BCUT2D eigenvalue weighted by Gasteiger charge is -2.01. The highest BCUT2D eigenvalue weighted by atomic mass is 127. The number of rotatable bonds is 1. The van der Waals surface area contributed by atoms with Gasteiger partial charge in [-0.15, -0.1) is 24.0 Å². The molecule has 4 heteroatoms. The van der Waals surface area contributed by atoms with Crippen LogP contribution in [0.5, 0.6) is 0 Å². The molecule has 0 amide bonds. The highest BCUT2D eigenvalue weighted by molar-refractivity contribution is 14.0. The van der Waals surface area contributed by atoms with E-state index < -0.39 is 0 Å². The molecule has 0 radical (unpaired) electrons. The number of likely N-dealkylation sites (tertiary alicyclic amines) is 1. The van der Waals surface area contributed by atoms with Crippen LogP contribution in [0.4, 0.5) is 4.70 Å². The Bertz CT molecular complexity index is 68.1. The number of hydrogen-bond acceptors (Lipinski definition) is 2. The van der Waals surface area contributed by atoms with Crippen molar-refractivity contribution in [1.29, 1.82) is 0 Å². The Labute approximate surface area is 92.0 Å². The molecule has 1 aliphatic rings. The van der Waals surface area contributed by atoms with Crippen molar-refractivity contribution in [3.05, 3.63) is 0 Å². The molecule has 0 unspecified atom stereocenters. The van der Waals surface area contributed by atoms with Gasteiger partial charge in [0.15, 0.2) is 0 Å². The van der Waals surface area contributed by atoms with Gasteiger partial charge < -0.3 is 9.64 Å². The molecule has 1 heterocycles. The van der Waals surface area contributed by atoms with Crippen LogP contribution in [0.15, 0.2) is 0 Å². The predicted molar refractivity (Wildman–Crippen MR) is 62.2 cm³/mol. The van der Waals surface area contributed by atoms with E-state index in [0.29, 0.717) is 0 Å². The monoisotopic (exact) mass is 293 g/mol. The largest absolute Gasteiger partial charge is 0.385 e. The van der Waals surface area contributed by atoms with E-state index in [1.165, 1.54) is 25.9 Å². The van der Waals surface area contributed by atoms with E-state index >= 15 is 0 Å². The second-order valence-electron chi connectivity index (χ2n) is 2.59. The standard InChI is InChI=1S/C5H11N.C3H8O.FH.HI/c1-6-4-2-3-5-6;1-3-4-2;;/h2-5H2,1H3;3H2,1-2H3;2*1H. The number of hydrogen-bond donors (Lipinski definition) is 0. The molecular formula is C8H21FINO. The summed E-state index contributed by atoms with van der Waals surface area (Å²) in [5, 5.41) is 0. The van der Waals surface area contributed by atoms with Gasteiger partial charge in [-0.1, -0.05) is 0 Å². The Kier molecular flexibility index (Phi) is 21.6. The van der Waals surface area contributed by atoms with Crippen LogP contribution in [-0.2, 0) is 4.74 Å². The summed E-state index contributed by atoms with van der Waals surface area (Å²) in [6.07, 6.45) is 2.83. The molecule has 2 nitrogen and oxygen atoms in total. The maximum absolute atomic E-state index is 4.54. The van der Waals surface area contributed by atoms with Crippen molar-refractivity contribution in [2.45, 2.75) is 19.8 Å². The van der Waals surface area contributed by atoms with Crippen molar-refractivity contribution in [1.82, 2.24) is 4.90 Å². The first-order valence-electron chi connectivity index (χ1n) is 3.98. The zero-order chi connectivity index (χ0) is 7.82. The molecular weight excluding hydrogens is 272 g/mol. The van der Waals surface area contributed by atoms with Crippen LogP contribution < -0.4 is 0 Å². The number of ether oxygens (including phenoxy) is 1. The van der Waals surface area contributed by atoms with Gasteiger partial charge in [-0.2, -0.15) is 0 Å². The topological polar surface area (TPSA) is 12.5 Å². The second kappa shape index (κ2) is 14.1. The van der Waals surface area contributed by atoms with Crippen molar-refractivity contribution in [3.8, 4) is 0 Å². The van der Waals surface area contributed by atoms with Crippen LogP contribution in [-0.4, -0.2) is 38.8 Å². The van der Waals surface area contributed by atoms with E-state index in [9.17, 15) is 0 Å². The normalized spacial score (nSPS) is 15.2. The zero-order valence-electron chi connectivity index (χ0n) is 8.21. The zero-order valence-corrected chi connectivity index (χ0v) is 10.5. The van der Waals surface area contributed by atoms with Gasteiger partial charge in [0.25, 0.3) is 0 Å². The van der Waals surface area contributed by atoms with Gasteiger partial charge in [0, 0.05) is 13.7 Å². The lowest BCUT2D eigenvalue weighted by molar-refractivity contribution is 0.215. The lowest BCUT2D eigenvalue weighted by atomic mass is 10.4. The summed E-state index contributed by atoms with van der Waals surface area (Å²) in [6.45, 7) is 5.42. The second-order valence-corrected chi connectivity index (χ2v) is 2.59. The van der Waals surface area contributed by atoms with Crippen molar-refractivity contribution in [2.75, 3.05) is 33.9 Å². The minimum atomic E-state index is 0. The summed E-state index contributed by atoms with van der Waals surface area (Å²) < 4.78 is 4.54. The summed E-state index contributed by atoms with van der Waals surface area (Å²) in [7, 11) is 3.85. The highest BCUT2D eigenvalue weighted by Gasteiger charge is 2.03. The van der Waals surface area contributed by atoms with Crippen LogP contribution >= 0.6 is 24.0 Å². The van der Waals surface area contributed by atoms with Crippen LogP contribution in [0.2, 0.25) is 0 Å². The lowest BCUT2D eigenvalue weighted by Crippen LogP contribution is -2.10. The molecule has 1 rings (SSSR count). The Morgan fingerprint density at radius 3 is 1.67 bits per heavy atom. The summed E-state index contributed by atoms with van der Waals surface area (Å²) >= 11 is 0. The molecule has 0 aromatic rings. The van der Waals surface area contributed by atoms with Crippen molar-refractivity contribution in [2.24, 2.45) is 0 Å². The Morgan fingerprint density at radius 2 is 1.58 bits per heavy atom. The average Bonchev–Trinajstić information content (AvgIpc) is 2.40. The van der Waals surface area contributed by atoms with Gasteiger partial charge in [-0.3, -0.25) is 4.70 Å². The van der Waals surface area contributed by atoms with E-state index in [-0.39, 0.29) is 28.7 Å². The van der Waals surface area contributed by atoms with Gasteiger partial charge in [0.2, 0.25) is 0 Å². The summed E-state index contributed by atoms with van der Waals surface area (Å²) in [5.41, 5.74) is 0. The molecule has 0 N–H and O–H groups in total. The molecule has 0 aliphatic carbocycles. The molecule has 1 fully saturated rings. The van der Waals surface area contributed by atoms with Gasteiger partial charge in [-0.05, 0) is 39.9 Å². The van der Waals surface area contributed by atoms with Crippen LogP contribution in [0, 0.1) is 0 Å². The number of nitrogens with zero attached hydrogens (tertiary/aromatic N) is 1. The van der Waals surface area contributed by atoms with Gasteiger partial charge in [0.1, 0.15) is 0 Å². The molecule has 1 saturated heterocycles. The Hall–Kier alpha value is 0.580. The maximum Gasteiger partial charge on any atom is 0.0433 e. The predicted octanol–water partition coefficient (Wildman–Crippen LogP) is 2.14. The fraction of sp³-hybridized carbons (Fsp3) is 1.00. The van der Waals surface area contributed by atoms with Gasteiger partial charge in [0.05, 0.1) is 0 Å². The third-order valence-corrected chi connectivity index (χ3v) is 1.62. The SMILES string of the molecule is CCOC.CN1CCCC1.F.I. The highest BCUT2D eigenvalue weighted by Crippen LogP contribution is 2.01. The average molecular weight is 293 g/mol. The maximum atomic E-state index is 4.54. The van der Waals surface area contributed by atoms with E-state index in [1.54, 1.807) is 7.11 Å². The fourth-order valence-corrected chi connectivity index (χ4v) is 0.875. The minimum absolute atomic E-state index is 0. The summed E-state index contributed by atoms with van der Waals surface area (Å²) in [5.74, 6) is 0. The number of methoxy groups -OCH3 is 1. The van der Waals surface area contributed by atoms with Crippen LogP contribution in [0.3, 0.4) is 0 Å². The molecule has 0 saturated carbocycles. The number of halogens is 2. The summed E-state index contributed by atoms with van der Waals surface area (Å²) in [4.78, 5) is 2.36. The molecule has 0 bridgehead atoms. The van der Waals surface area contributed by atoms with E-state index in [1.807, 2.05) is 6.92 Å². The smallest absolute Gasteiger partial charge is 0.0433 e. The van der Waals surface area contributed by atoms with Crippen molar-refractivity contribution in [3.63, 3.8) is 0 Å². The minimum Gasteiger partial charge on any atom is -0.385 e.